The van der Waals surface area contributed by atoms with Crippen LogP contribution in [0.25, 0.3) is 10.8 Å². The van der Waals surface area contributed by atoms with E-state index in [0.717, 1.165) is 10.8 Å². The third-order valence-electron chi connectivity index (χ3n) is 2.89. The number of fused-ring (bicyclic) bond motifs is 1. The molecule has 0 aromatic heterocycles. The Labute approximate surface area is 110 Å². The van der Waals surface area contributed by atoms with Crippen LogP contribution in [-0.4, -0.2) is 10.9 Å². The fraction of sp³-hybridized carbons (Fsp3) is 0.214. The number of nitrogens with zero attached hydrogens (tertiary/aromatic N) is 1. The molecule has 2 rings (SSSR count). The van der Waals surface area contributed by atoms with Crippen LogP contribution in [-0.2, 0) is 9.53 Å². The van der Waals surface area contributed by atoms with E-state index >= 15 is 0 Å². The van der Waals surface area contributed by atoms with Gasteiger partial charge in [-0.1, -0.05) is 24.3 Å². The topological polar surface area (TPSA) is 69.4 Å². The van der Waals surface area contributed by atoms with Crippen LogP contribution < -0.4 is 0 Å². The summed E-state index contributed by atoms with van der Waals surface area (Å²) >= 11 is 0. The SMILES string of the molecule is CC(=O)OC(C)c1c([N+](=O)[O-])ccc2ccccc12. The normalized spacial score (nSPS) is 12.1. The number of rotatable bonds is 3. The van der Waals surface area contributed by atoms with Crippen molar-refractivity contribution in [3.05, 3.63) is 52.1 Å². The molecule has 0 saturated carbocycles. The van der Waals surface area contributed by atoms with Gasteiger partial charge in [-0.05, 0) is 23.8 Å². The molecule has 0 aliphatic carbocycles. The highest BCUT2D eigenvalue weighted by Gasteiger charge is 2.23. The molecule has 0 saturated heterocycles. The maximum atomic E-state index is 11.1. The van der Waals surface area contributed by atoms with Crippen molar-refractivity contribution in [2.24, 2.45) is 0 Å². The van der Waals surface area contributed by atoms with Crippen molar-refractivity contribution in [1.82, 2.24) is 0 Å². The van der Waals surface area contributed by atoms with Gasteiger partial charge in [-0.2, -0.15) is 0 Å². The van der Waals surface area contributed by atoms with Crippen LogP contribution in [0.4, 0.5) is 5.69 Å². The maximum Gasteiger partial charge on any atom is 0.303 e. The highest BCUT2D eigenvalue weighted by molar-refractivity contribution is 5.89. The number of carbonyl (C=O) groups is 1. The molecule has 98 valence electrons. The van der Waals surface area contributed by atoms with Crippen molar-refractivity contribution in [1.29, 1.82) is 0 Å². The first kappa shape index (κ1) is 13.0. The molecule has 5 nitrogen and oxygen atoms in total. The van der Waals surface area contributed by atoms with E-state index in [2.05, 4.69) is 0 Å². The second-order valence-electron chi connectivity index (χ2n) is 4.23. The fourth-order valence-corrected chi connectivity index (χ4v) is 2.18. The molecule has 0 fully saturated rings. The monoisotopic (exact) mass is 259 g/mol. The minimum atomic E-state index is -0.663. The quantitative estimate of drug-likeness (QED) is 0.481. The first-order valence-corrected chi connectivity index (χ1v) is 5.84. The average Bonchev–Trinajstić information content (AvgIpc) is 2.36. The molecule has 2 aromatic carbocycles. The second-order valence-corrected chi connectivity index (χ2v) is 4.23. The Hall–Kier alpha value is -2.43. The Balaban J connectivity index is 2.68. The summed E-state index contributed by atoms with van der Waals surface area (Å²) in [7, 11) is 0. The number of hydrogen-bond acceptors (Lipinski definition) is 4. The molecule has 2 aromatic rings. The summed E-state index contributed by atoms with van der Waals surface area (Å²) in [5.74, 6) is -0.463. The van der Waals surface area contributed by atoms with Gasteiger partial charge in [-0.25, -0.2) is 0 Å². The predicted octanol–water partition coefficient (Wildman–Crippen LogP) is 3.37. The van der Waals surface area contributed by atoms with Crippen molar-refractivity contribution in [3.63, 3.8) is 0 Å². The van der Waals surface area contributed by atoms with Gasteiger partial charge in [-0.15, -0.1) is 0 Å². The van der Waals surface area contributed by atoms with E-state index in [1.54, 1.807) is 25.1 Å². The highest BCUT2D eigenvalue weighted by atomic mass is 16.6. The third kappa shape index (κ3) is 2.54. The first-order valence-electron chi connectivity index (χ1n) is 5.84. The van der Waals surface area contributed by atoms with Crippen LogP contribution in [0.3, 0.4) is 0 Å². The van der Waals surface area contributed by atoms with Crippen LogP contribution in [0.1, 0.15) is 25.5 Å². The van der Waals surface area contributed by atoms with Crippen LogP contribution in [0, 0.1) is 10.1 Å². The molecule has 1 unspecified atom stereocenters. The van der Waals surface area contributed by atoms with Crippen molar-refractivity contribution >= 4 is 22.4 Å². The summed E-state index contributed by atoms with van der Waals surface area (Å²) in [6.45, 7) is 2.92. The van der Waals surface area contributed by atoms with E-state index in [1.165, 1.54) is 13.0 Å². The molecule has 0 heterocycles. The lowest BCUT2D eigenvalue weighted by molar-refractivity contribution is -0.386. The number of esters is 1. The molecule has 0 bridgehead atoms. The van der Waals surface area contributed by atoms with Gasteiger partial charge in [0.1, 0.15) is 6.10 Å². The Bertz CT molecular complexity index is 651. The summed E-state index contributed by atoms with van der Waals surface area (Å²) in [4.78, 5) is 21.7. The minimum Gasteiger partial charge on any atom is -0.458 e. The van der Waals surface area contributed by atoms with Crippen LogP contribution in [0.5, 0.6) is 0 Å². The summed E-state index contributed by atoms with van der Waals surface area (Å²) in [5, 5.41) is 12.7. The van der Waals surface area contributed by atoms with E-state index in [-0.39, 0.29) is 5.69 Å². The Kier molecular flexibility index (Phi) is 3.46. The Morgan fingerprint density at radius 3 is 2.58 bits per heavy atom. The number of hydrogen-bond donors (Lipinski definition) is 0. The smallest absolute Gasteiger partial charge is 0.303 e. The molecular formula is C14H13NO4. The van der Waals surface area contributed by atoms with E-state index in [1.807, 2.05) is 12.1 Å². The van der Waals surface area contributed by atoms with Crippen LogP contribution in [0.15, 0.2) is 36.4 Å². The van der Waals surface area contributed by atoms with Gasteiger partial charge < -0.3 is 4.74 Å². The Morgan fingerprint density at radius 1 is 1.26 bits per heavy atom. The van der Waals surface area contributed by atoms with Crippen molar-refractivity contribution < 1.29 is 14.5 Å². The van der Waals surface area contributed by atoms with E-state index in [4.69, 9.17) is 4.74 Å². The lowest BCUT2D eigenvalue weighted by atomic mass is 9.99. The number of benzene rings is 2. The van der Waals surface area contributed by atoms with Crippen molar-refractivity contribution in [2.75, 3.05) is 0 Å². The number of ether oxygens (including phenoxy) is 1. The number of carbonyl (C=O) groups excluding carboxylic acids is 1. The lowest BCUT2D eigenvalue weighted by Gasteiger charge is -2.15. The van der Waals surface area contributed by atoms with Crippen molar-refractivity contribution in [2.45, 2.75) is 20.0 Å². The summed E-state index contributed by atoms with van der Waals surface area (Å²) < 4.78 is 5.09. The molecule has 0 spiro atoms. The van der Waals surface area contributed by atoms with Gasteiger partial charge in [0, 0.05) is 13.0 Å². The molecule has 0 N–H and O–H groups in total. The molecule has 19 heavy (non-hydrogen) atoms. The number of nitro groups is 1. The second kappa shape index (κ2) is 5.06. The maximum absolute atomic E-state index is 11.1. The predicted molar refractivity (Wildman–Crippen MR) is 70.8 cm³/mol. The summed E-state index contributed by atoms with van der Waals surface area (Å²) in [6.07, 6.45) is -0.663. The van der Waals surface area contributed by atoms with E-state index in [0.29, 0.717) is 5.56 Å². The zero-order valence-corrected chi connectivity index (χ0v) is 10.6. The van der Waals surface area contributed by atoms with Crippen LogP contribution in [0.2, 0.25) is 0 Å². The van der Waals surface area contributed by atoms with Crippen LogP contribution >= 0.6 is 0 Å². The van der Waals surface area contributed by atoms with Gasteiger partial charge >= 0.3 is 5.97 Å². The first-order chi connectivity index (χ1) is 9.00. The molecule has 1 atom stereocenters. The van der Waals surface area contributed by atoms with Gasteiger partial charge in [0.15, 0.2) is 0 Å². The molecule has 0 amide bonds. The third-order valence-corrected chi connectivity index (χ3v) is 2.89. The van der Waals surface area contributed by atoms with E-state index < -0.39 is 17.0 Å². The van der Waals surface area contributed by atoms with Gasteiger partial charge in [0.25, 0.3) is 5.69 Å². The Morgan fingerprint density at radius 2 is 1.95 bits per heavy atom. The zero-order valence-electron chi connectivity index (χ0n) is 10.6. The molecule has 0 radical (unpaired) electrons. The molecular weight excluding hydrogens is 246 g/mol. The van der Waals surface area contributed by atoms with Gasteiger partial charge in [-0.3, -0.25) is 14.9 Å². The fourth-order valence-electron chi connectivity index (χ4n) is 2.18. The van der Waals surface area contributed by atoms with E-state index in [9.17, 15) is 14.9 Å². The van der Waals surface area contributed by atoms with Gasteiger partial charge in [0.2, 0.25) is 0 Å². The molecule has 5 heteroatoms. The zero-order chi connectivity index (χ0) is 14.0. The summed E-state index contributed by atoms with van der Waals surface area (Å²) in [5.41, 5.74) is 0.394. The summed E-state index contributed by atoms with van der Waals surface area (Å²) in [6, 6.07) is 10.4. The standard InChI is InChI=1S/C14H13NO4/c1-9(19-10(2)16)14-12-6-4-3-5-11(12)7-8-13(14)15(17)18/h3-9H,1-2H3. The minimum absolute atomic E-state index is 0.0348. The average molecular weight is 259 g/mol. The largest absolute Gasteiger partial charge is 0.458 e. The van der Waals surface area contributed by atoms with Gasteiger partial charge in [0.05, 0.1) is 10.5 Å². The molecule has 0 aliphatic heterocycles. The number of nitro benzene ring substituents is 1. The lowest BCUT2D eigenvalue weighted by Crippen LogP contribution is -2.08. The highest BCUT2D eigenvalue weighted by Crippen LogP contribution is 2.34. The van der Waals surface area contributed by atoms with Crippen molar-refractivity contribution in [3.8, 4) is 0 Å². The molecule has 0 aliphatic rings.